The summed E-state index contributed by atoms with van der Waals surface area (Å²) in [7, 11) is 0. The van der Waals surface area contributed by atoms with Gasteiger partial charge in [-0.15, -0.1) is 5.10 Å². The van der Waals surface area contributed by atoms with Crippen LogP contribution in [-0.2, 0) is 16.0 Å². The summed E-state index contributed by atoms with van der Waals surface area (Å²) in [5.41, 5.74) is 2.06. The van der Waals surface area contributed by atoms with E-state index < -0.39 is 11.2 Å². The molecule has 1 unspecified atom stereocenters. The Bertz CT molecular complexity index is 882. The van der Waals surface area contributed by atoms with Crippen LogP contribution >= 0.6 is 11.8 Å². The molecule has 0 radical (unpaired) electrons. The fourth-order valence-electron chi connectivity index (χ4n) is 2.47. The van der Waals surface area contributed by atoms with Gasteiger partial charge in [-0.1, -0.05) is 42.1 Å². The molecule has 1 amide bonds. The van der Waals surface area contributed by atoms with Gasteiger partial charge in [0.25, 0.3) is 0 Å². The summed E-state index contributed by atoms with van der Waals surface area (Å²) < 4.78 is 5.74. The zero-order chi connectivity index (χ0) is 19.8. The van der Waals surface area contributed by atoms with Crippen molar-refractivity contribution in [3.63, 3.8) is 0 Å². The number of nitrogens with zero attached hydrogens (tertiary/aromatic N) is 2. The zero-order valence-corrected chi connectivity index (χ0v) is 15.8. The number of carbonyl (C=O) groups excluding carboxylic acids is 1. The van der Waals surface area contributed by atoms with E-state index in [1.54, 1.807) is 6.21 Å². The molecular weight excluding hydrogens is 378 g/mol. The summed E-state index contributed by atoms with van der Waals surface area (Å²) in [6.45, 7) is 0.597. The summed E-state index contributed by atoms with van der Waals surface area (Å²) in [5.74, 6) is -0.614. The molecule has 1 atom stereocenters. The Balaban J connectivity index is 1.47. The molecule has 1 aliphatic heterocycles. The third kappa shape index (κ3) is 5.95. The highest BCUT2D eigenvalue weighted by molar-refractivity contribution is 8.15. The predicted molar refractivity (Wildman–Crippen MR) is 109 cm³/mol. The van der Waals surface area contributed by atoms with Crippen molar-refractivity contribution in [2.75, 3.05) is 6.61 Å². The number of ether oxygens (including phenoxy) is 1. The molecule has 0 aromatic heterocycles. The molecule has 7 nitrogen and oxygen atoms in total. The number of carboxylic acids is 1. The minimum absolute atomic E-state index is 0.245. The van der Waals surface area contributed by atoms with E-state index in [0.717, 1.165) is 29.5 Å². The minimum atomic E-state index is -1.02. The van der Waals surface area contributed by atoms with Gasteiger partial charge in [0.1, 0.15) is 11.0 Å². The lowest BCUT2D eigenvalue weighted by atomic mass is 10.2. The standard InChI is InChI=1S/C20H19N3O4S/c24-18(25)12-17-19(26)22-20(28-17)23-21-13-15-6-8-16(9-7-15)27-11-10-14-4-2-1-3-5-14/h1-9,13,17H,10-12H2,(H,24,25)(H,22,23,26). The Labute approximate surface area is 166 Å². The van der Waals surface area contributed by atoms with Gasteiger partial charge in [-0.3, -0.25) is 9.59 Å². The first-order chi connectivity index (χ1) is 13.6. The number of carbonyl (C=O) groups is 2. The number of hydrogen-bond donors (Lipinski definition) is 2. The smallest absolute Gasteiger partial charge is 0.305 e. The Morgan fingerprint density at radius 3 is 2.64 bits per heavy atom. The van der Waals surface area contributed by atoms with Crippen molar-refractivity contribution in [3.05, 3.63) is 65.7 Å². The molecule has 0 saturated carbocycles. The van der Waals surface area contributed by atoms with E-state index in [9.17, 15) is 9.59 Å². The van der Waals surface area contributed by atoms with Crippen LogP contribution in [0.25, 0.3) is 0 Å². The van der Waals surface area contributed by atoms with Crippen LogP contribution < -0.4 is 10.1 Å². The van der Waals surface area contributed by atoms with Crippen LogP contribution in [0.2, 0.25) is 0 Å². The van der Waals surface area contributed by atoms with Crippen LogP contribution in [0.4, 0.5) is 0 Å². The lowest BCUT2D eigenvalue weighted by molar-refractivity contribution is -0.138. The Hall–Kier alpha value is -3.13. The second kappa shape index (κ2) is 9.70. The first kappa shape index (κ1) is 19.6. The summed E-state index contributed by atoms with van der Waals surface area (Å²) in [4.78, 5) is 22.3. The molecule has 28 heavy (non-hydrogen) atoms. The van der Waals surface area contributed by atoms with Crippen LogP contribution in [0.1, 0.15) is 17.5 Å². The van der Waals surface area contributed by atoms with E-state index in [2.05, 4.69) is 27.7 Å². The van der Waals surface area contributed by atoms with Gasteiger partial charge in [0.2, 0.25) is 5.91 Å². The molecule has 0 bridgehead atoms. The zero-order valence-electron chi connectivity index (χ0n) is 14.9. The third-order valence-corrected chi connectivity index (χ3v) is 4.95. The van der Waals surface area contributed by atoms with Gasteiger partial charge in [-0.2, -0.15) is 5.10 Å². The maximum atomic E-state index is 11.6. The summed E-state index contributed by atoms with van der Waals surface area (Å²) in [5, 5.41) is 18.8. The number of thioether (sulfide) groups is 1. The van der Waals surface area contributed by atoms with Crippen molar-refractivity contribution in [3.8, 4) is 5.75 Å². The second-order valence-electron chi connectivity index (χ2n) is 6.00. The molecule has 2 aromatic rings. The quantitative estimate of drug-likeness (QED) is 0.527. The Morgan fingerprint density at radius 2 is 1.93 bits per heavy atom. The lowest BCUT2D eigenvalue weighted by Gasteiger charge is -2.06. The first-order valence-corrected chi connectivity index (χ1v) is 9.55. The molecule has 0 aliphatic carbocycles. The van der Waals surface area contributed by atoms with Crippen molar-refractivity contribution >= 4 is 35.0 Å². The van der Waals surface area contributed by atoms with Crippen molar-refractivity contribution in [1.82, 2.24) is 5.32 Å². The van der Waals surface area contributed by atoms with E-state index in [0.29, 0.717) is 11.8 Å². The number of hydrogen-bond acceptors (Lipinski definition) is 6. The number of carboxylic acid groups (broad SMARTS) is 1. The Kier molecular flexibility index (Phi) is 6.80. The van der Waals surface area contributed by atoms with E-state index in [-0.39, 0.29) is 12.3 Å². The molecule has 3 rings (SSSR count). The fraction of sp³-hybridized carbons (Fsp3) is 0.200. The van der Waals surface area contributed by atoms with Gasteiger partial charge < -0.3 is 15.2 Å². The van der Waals surface area contributed by atoms with Gasteiger partial charge in [0, 0.05) is 6.42 Å². The highest BCUT2D eigenvalue weighted by atomic mass is 32.2. The average Bonchev–Trinajstić information content (AvgIpc) is 3.02. The number of aliphatic carboxylic acids is 1. The molecule has 2 N–H and O–H groups in total. The SMILES string of the molecule is O=C(O)CC1SC(=NN=Cc2ccc(OCCc3ccccc3)cc2)NC1=O. The number of rotatable bonds is 8. The van der Waals surface area contributed by atoms with Crippen molar-refractivity contribution in [2.24, 2.45) is 10.2 Å². The molecule has 0 spiro atoms. The van der Waals surface area contributed by atoms with E-state index in [1.165, 1.54) is 5.56 Å². The van der Waals surface area contributed by atoms with E-state index >= 15 is 0 Å². The summed E-state index contributed by atoms with van der Waals surface area (Å²) in [6.07, 6.45) is 2.15. The normalized spacial score (nSPS) is 17.8. The van der Waals surface area contributed by atoms with Gasteiger partial charge >= 0.3 is 5.97 Å². The average molecular weight is 397 g/mol. The Morgan fingerprint density at radius 1 is 1.18 bits per heavy atom. The van der Waals surface area contributed by atoms with Crippen molar-refractivity contribution < 1.29 is 19.4 Å². The number of amidine groups is 1. The molecule has 1 aliphatic rings. The van der Waals surface area contributed by atoms with Gasteiger partial charge in [-0.25, -0.2) is 0 Å². The van der Waals surface area contributed by atoms with E-state index in [4.69, 9.17) is 9.84 Å². The van der Waals surface area contributed by atoms with Gasteiger partial charge in [0.05, 0.1) is 19.2 Å². The van der Waals surface area contributed by atoms with Crippen LogP contribution in [0, 0.1) is 0 Å². The molecule has 144 valence electrons. The molecule has 1 saturated heterocycles. The molecule has 8 heteroatoms. The third-order valence-electron chi connectivity index (χ3n) is 3.87. The largest absolute Gasteiger partial charge is 0.493 e. The second-order valence-corrected chi connectivity index (χ2v) is 7.19. The lowest BCUT2D eigenvalue weighted by Crippen LogP contribution is -2.26. The van der Waals surface area contributed by atoms with Gasteiger partial charge in [0.15, 0.2) is 5.17 Å². The topological polar surface area (TPSA) is 100 Å². The monoisotopic (exact) mass is 397 g/mol. The summed E-state index contributed by atoms with van der Waals surface area (Å²) >= 11 is 1.07. The maximum Gasteiger partial charge on any atom is 0.305 e. The highest BCUT2D eigenvalue weighted by Gasteiger charge is 2.32. The van der Waals surface area contributed by atoms with Crippen LogP contribution in [-0.4, -0.2) is 40.2 Å². The first-order valence-electron chi connectivity index (χ1n) is 8.67. The number of benzene rings is 2. The highest BCUT2D eigenvalue weighted by Crippen LogP contribution is 2.22. The fourth-order valence-corrected chi connectivity index (χ4v) is 3.39. The van der Waals surface area contributed by atoms with Crippen LogP contribution in [0.5, 0.6) is 5.75 Å². The van der Waals surface area contributed by atoms with Crippen molar-refractivity contribution in [1.29, 1.82) is 0 Å². The summed E-state index contributed by atoms with van der Waals surface area (Å²) in [6, 6.07) is 17.6. The van der Waals surface area contributed by atoms with E-state index in [1.807, 2.05) is 42.5 Å². The predicted octanol–water partition coefficient (Wildman–Crippen LogP) is 2.70. The van der Waals surface area contributed by atoms with Gasteiger partial charge in [-0.05, 0) is 35.4 Å². The number of nitrogens with one attached hydrogen (secondary N) is 1. The maximum absolute atomic E-state index is 11.6. The molecule has 1 heterocycles. The molecular formula is C20H19N3O4S. The minimum Gasteiger partial charge on any atom is -0.493 e. The molecule has 1 fully saturated rings. The molecule has 2 aromatic carbocycles. The van der Waals surface area contributed by atoms with Crippen molar-refractivity contribution in [2.45, 2.75) is 18.1 Å². The number of amides is 1. The van der Waals surface area contributed by atoms with Crippen LogP contribution in [0.3, 0.4) is 0 Å². The van der Waals surface area contributed by atoms with Crippen LogP contribution in [0.15, 0.2) is 64.8 Å².